The third-order valence-corrected chi connectivity index (χ3v) is 5.56. The van der Waals surface area contributed by atoms with E-state index in [-0.39, 0.29) is 17.6 Å². The summed E-state index contributed by atoms with van der Waals surface area (Å²) in [4.78, 5) is 25.4. The fraction of sp³-hybridized carbons (Fsp3) is 0.0435. The molecule has 3 aromatic carbocycles. The van der Waals surface area contributed by atoms with Gasteiger partial charge >= 0.3 is 0 Å². The lowest BCUT2D eigenvalue weighted by Gasteiger charge is -2.08. The average molecular weight is 420 g/mol. The van der Waals surface area contributed by atoms with Crippen LogP contribution < -0.4 is 15.4 Å². The van der Waals surface area contributed by atoms with Gasteiger partial charge in [0, 0.05) is 21.6 Å². The second kappa shape index (κ2) is 8.34. The topological polar surface area (TPSA) is 67.4 Å². The Bertz CT molecular complexity index is 1220. The minimum absolute atomic E-state index is 0.260. The van der Waals surface area contributed by atoms with Crippen molar-refractivity contribution in [2.45, 2.75) is 0 Å². The zero-order valence-electron chi connectivity index (χ0n) is 15.9. The molecule has 0 bridgehead atoms. The van der Waals surface area contributed by atoms with E-state index < -0.39 is 0 Å². The molecule has 0 saturated heterocycles. The number of carbonyl (C=O) groups is 2. The van der Waals surface area contributed by atoms with E-state index in [0.29, 0.717) is 32.3 Å². The summed E-state index contributed by atoms with van der Waals surface area (Å²) in [6.45, 7) is 0. The van der Waals surface area contributed by atoms with E-state index in [1.165, 1.54) is 23.5 Å². The molecule has 4 rings (SSSR count). The highest BCUT2D eigenvalue weighted by molar-refractivity contribution is 7.20. The van der Waals surface area contributed by atoms with Crippen molar-refractivity contribution in [3.8, 4) is 5.75 Å². The second-order valence-electron chi connectivity index (χ2n) is 6.51. The Balaban J connectivity index is 1.41. The van der Waals surface area contributed by atoms with E-state index in [4.69, 9.17) is 4.74 Å². The van der Waals surface area contributed by atoms with Crippen LogP contribution in [-0.4, -0.2) is 18.9 Å². The van der Waals surface area contributed by atoms with E-state index in [1.54, 1.807) is 67.8 Å². The Morgan fingerprint density at radius 3 is 2.13 bits per heavy atom. The van der Waals surface area contributed by atoms with E-state index in [0.717, 1.165) is 5.39 Å². The first-order chi connectivity index (χ1) is 14.5. The van der Waals surface area contributed by atoms with Crippen molar-refractivity contribution in [1.29, 1.82) is 0 Å². The SMILES string of the molecule is COc1ccc(NC(=O)c2ccc(NC(=O)c3cc4ccc(F)cc4s3)cc2)cc1. The van der Waals surface area contributed by atoms with Crippen molar-refractivity contribution in [1.82, 2.24) is 0 Å². The molecule has 150 valence electrons. The number of nitrogens with one attached hydrogen (secondary N) is 2. The highest BCUT2D eigenvalue weighted by Crippen LogP contribution is 2.27. The third kappa shape index (κ3) is 4.31. The molecule has 7 heteroatoms. The standard InChI is InChI=1S/C23H17FN2O3S/c1-29-19-10-8-18(9-11-19)25-22(27)14-3-6-17(7-4-14)26-23(28)21-12-15-2-5-16(24)13-20(15)30-21/h2-13H,1H3,(H,25,27)(H,26,28). The number of anilines is 2. The van der Waals surface area contributed by atoms with Gasteiger partial charge in [0.25, 0.3) is 11.8 Å². The van der Waals surface area contributed by atoms with Crippen molar-refractivity contribution in [2.75, 3.05) is 17.7 Å². The quantitative estimate of drug-likeness (QED) is 0.445. The molecule has 30 heavy (non-hydrogen) atoms. The fourth-order valence-corrected chi connectivity index (χ4v) is 3.88. The highest BCUT2D eigenvalue weighted by Gasteiger charge is 2.12. The maximum atomic E-state index is 13.3. The minimum Gasteiger partial charge on any atom is -0.497 e. The molecule has 0 radical (unpaired) electrons. The molecule has 0 aliphatic rings. The Morgan fingerprint density at radius 2 is 1.47 bits per heavy atom. The smallest absolute Gasteiger partial charge is 0.265 e. The lowest BCUT2D eigenvalue weighted by molar-refractivity contribution is 0.102. The number of fused-ring (bicyclic) bond motifs is 1. The summed E-state index contributed by atoms with van der Waals surface area (Å²) in [5.74, 6) is -0.173. The minimum atomic E-state index is -0.334. The molecule has 0 unspecified atom stereocenters. The Labute approximate surface area is 176 Å². The molecule has 0 saturated carbocycles. The molecular formula is C23H17FN2O3S. The van der Waals surface area contributed by atoms with E-state index in [9.17, 15) is 14.0 Å². The first-order valence-corrected chi connectivity index (χ1v) is 9.89. The number of rotatable bonds is 5. The van der Waals surface area contributed by atoms with Crippen LogP contribution in [0.25, 0.3) is 10.1 Å². The van der Waals surface area contributed by atoms with Gasteiger partial charge in [0.05, 0.1) is 12.0 Å². The number of benzene rings is 3. The van der Waals surface area contributed by atoms with E-state index in [1.807, 2.05) is 0 Å². The van der Waals surface area contributed by atoms with Crippen LogP contribution in [0.2, 0.25) is 0 Å². The molecule has 0 spiro atoms. The van der Waals surface area contributed by atoms with Gasteiger partial charge in [-0.15, -0.1) is 11.3 Å². The number of hydrogen-bond donors (Lipinski definition) is 2. The van der Waals surface area contributed by atoms with Gasteiger partial charge in [-0.05, 0) is 72.1 Å². The van der Waals surface area contributed by atoms with Gasteiger partial charge < -0.3 is 15.4 Å². The molecule has 0 aliphatic heterocycles. The van der Waals surface area contributed by atoms with Crippen molar-refractivity contribution in [3.63, 3.8) is 0 Å². The van der Waals surface area contributed by atoms with Gasteiger partial charge in [-0.2, -0.15) is 0 Å². The molecule has 2 amide bonds. The first-order valence-electron chi connectivity index (χ1n) is 9.08. The van der Waals surface area contributed by atoms with Crippen LogP contribution in [0.4, 0.5) is 15.8 Å². The zero-order valence-corrected chi connectivity index (χ0v) is 16.8. The summed E-state index contributed by atoms with van der Waals surface area (Å²) in [6, 6.07) is 19.8. The van der Waals surface area contributed by atoms with E-state index in [2.05, 4.69) is 10.6 Å². The number of carbonyl (C=O) groups excluding carboxylic acids is 2. The van der Waals surface area contributed by atoms with Gasteiger partial charge in [0.2, 0.25) is 0 Å². The van der Waals surface area contributed by atoms with Crippen LogP contribution in [0.3, 0.4) is 0 Å². The Hall–Kier alpha value is -3.71. The molecule has 0 fully saturated rings. The monoisotopic (exact) mass is 420 g/mol. The van der Waals surface area contributed by atoms with Crippen LogP contribution in [0.15, 0.2) is 72.8 Å². The van der Waals surface area contributed by atoms with Gasteiger partial charge in [0.15, 0.2) is 0 Å². The molecule has 2 N–H and O–H groups in total. The average Bonchev–Trinajstić information content (AvgIpc) is 3.18. The molecular weight excluding hydrogens is 403 g/mol. The van der Waals surface area contributed by atoms with Crippen LogP contribution in [-0.2, 0) is 0 Å². The van der Waals surface area contributed by atoms with Crippen molar-refractivity contribution < 1.29 is 18.7 Å². The molecule has 5 nitrogen and oxygen atoms in total. The number of amides is 2. The van der Waals surface area contributed by atoms with Gasteiger partial charge in [-0.3, -0.25) is 9.59 Å². The predicted molar refractivity (Wildman–Crippen MR) is 117 cm³/mol. The van der Waals surface area contributed by atoms with Crippen LogP contribution in [0.5, 0.6) is 5.75 Å². The van der Waals surface area contributed by atoms with Crippen LogP contribution in [0, 0.1) is 5.82 Å². The summed E-state index contributed by atoms with van der Waals surface area (Å²) in [5.41, 5.74) is 1.67. The molecule has 4 aromatic rings. The summed E-state index contributed by atoms with van der Waals surface area (Å²) in [5, 5.41) is 6.42. The third-order valence-electron chi connectivity index (χ3n) is 4.46. The lowest BCUT2D eigenvalue weighted by Crippen LogP contribution is -2.13. The molecule has 0 aliphatic carbocycles. The first kappa shape index (κ1) is 19.6. The predicted octanol–water partition coefficient (Wildman–Crippen LogP) is 5.55. The number of methoxy groups -OCH3 is 1. The second-order valence-corrected chi connectivity index (χ2v) is 7.59. The lowest BCUT2D eigenvalue weighted by atomic mass is 10.2. The number of thiophene rings is 1. The summed E-state index contributed by atoms with van der Waals surface area (Å²) in [7, 11) is 1.58. The van der Waals surface area contributed by atoms with Crippen molar-refractivity contribution >= 4 is 44.6 Å². The number of halogens is 1. The largest absolute Gasteiger partial charge is 0.497 e. The fourth-order valence-electron chi connectivity index (χ4n) is 2.89. The Morgan fingerprint density at radius 1 is 0.833 bits per heavy atom. The zero-order chi connectivity index (χ0) is 21.1. The summed E-state index contributed by atoms with van der Waals surface area (Å²) < 4.78 is 19.1. The van der Waals surface area contributed by atoms with E-state index >= 15 is 0 Å². The normalized spacial score (nSPS) is 10.6. The molecule has 1 heterocycles. The van der Waals surface area contributed by atoms with Crippen LogP contribution >= 0.6 is 11.3 Å². The highest BCUT2D eigenvalue weighted by atomic mass is 32.1. The maximum absolute atomic E-state index is 13.3. The van der Waals surface area contributed by atoms with Gasteiger partial charge in [0.1, 0.15) is 11.6 Å². The van der Waals surface area contributed by atoms with Crippen molar-refractivity contribution in [3.05, 3.63) is 89.1 Å². The number of ether oxygens (including phenoxy) is 1. The number of hydrogen-bond acceptors (Lipinski definition) is 4. The summed E-state index contributed by atoms with van der Waals surface area (Å²) >= 11 is 1.23. The Kier molecular flexibility index (Phi) is 5.45. The van der Waals surface area contributed by atoms with Gasteiger partial charge in [-0.25, -0.2) is 4.39 Å². The van der Waals surface area contributed by atoms with Crippen LogP contribution in [0.1, 0.15) is 20.0 Å². The molecule has 1 aromatic heterocycles. The van der Waals surface area contributed by atoms with Crippen molar-refractivity contribution in [2.24, 2.45) is 0 Å². The maximum Gasteiger partial charge on any atom is 0.265 e. The van der Waals surface area contributed by atoms with Gasteiger partial charge in [-0.1, -0.05) is 6.07 Å². The molecule has 0 atom stereocenters. The summed E-state index contributed by atoms with van der Waals surface area (Å²) in [6.07, 6.45) is 0.